The van der Waals surface area contributed by atoms with Crippen molar-refractivity contribution < 1.29 is 0 Å². The number of aryl methyl sites for hydroxylation is 2. The van der Waals surface area contributed by atoms with E-state index in [0.29, 0.717) is 5.92 Å². The normalized spacial score (nSPS) is 16.4. The van der Waals surface area contributed by atoms with Crippen molar-refractivity contribution in [3.63, 3.8) is 0 Å². The van der Waals surface area contributed by atoms with Crippen LogP contribution in [0, 0.1) is 6.92 Å². The Bertz CT molecular complexity index is 827. The molecule has 6 heteroatoms. The van der Waals surface area contributed by atoms with Gasteiger partial charge >= 0.3 is 0 Å². The summed E-state index contributed by atoms with van der Waals surface area (Å²) in [5.41, 5.74) is 3.52. The van der Waals surface area contributed by atoms with Gasteiger partial charge < -0.3 is 0 Å². The van der Waals surface area contributed by atoms with Gasteiger partial charge in [-0.05, 0) is 32.9 Å². The van der Waals surface area contributed by atoms with Crippen LogP contribution >= 0.6 is 0 Å². The van der Waals surface area contributed by atoms with Gasteiger partial charge in [-0.2, -0.15) is 10.2 Å². The monoisotopic (exact) mass is 336 g/mol. The lowest BCUT2D eigenvalue weighted by Gasteiger charge is -2.30. The number of H-pyrrole nitrogens is 1. The van der Waals surface area contributed by atoms with Gasteiger partial charge in [0, 0.05) is 36.8 Å². The summed E-state index contributed by atoms with van der Waals surface area (Å²) in [6.07, 6.45) is 4.36. The molecule has 0 radical (unpaired) electrons. The molecule has 1 saturated heterocycles. The molecule has 1 aromatic carbocycles. The molecule has 0 aliphatic carbocycles. The minimum atomic E-state index is 0.469. The minimum Gasteiger partial charge on any atom is -0.299 e. The summed E-state index contributed by atoms with van der Waals surface area (Å²) in [6, 6.07) is 10.1. The molecule has 130 valence electrons. The average Bonchev–Trinajstić information content (AvgIpc) is 3.23. The number of aromatic nitrogens is 5. The van der Waals surface area contributed by atoms with Crippen molar-refractivity contribution >= 4 is 0 Å². The summed E-state index contributed by atoms with van der Waals surface area (Å²) < 4.78 is 1.90. The smallest absolute Gasteiger partial charge is 0.181 e. The van der Waals surface area contributed by atoms with E-state index in [1.54, 1.807) is 0 Å². The van der Waals surface area contributed by atoms with Crippen LogP contribution in [-0.2, 0) is 13.6 Å². The molecule has 25 heavy (non-hydrogen) atoms. The van der Waals surface area contributed by atoms with Gasteiger partial charge in [-0.1, -0.05) is 30.3 Å². The van der Waals surface area contributed by atoms with Crippen molar-refractivity contribution in [3.05, 3.63) is 53.6 Å². The zero-order valence-electron chi connectivity index (χ0n) is 14.8. The van der Waals surface area contributed by atoms with Crippen molar-refractivity contribution in [1.82, 2.24) is 29.9 Å². The fourth-order valence-electron chi connectivity index (χ4n) is 3.58. The zero-order chi connectivity index (χ0) is 17.2. The molecular weight excluding hydrogens is 312 g/mol. The van der Waals surface area contributed by atoms with Crippen LogP contribution < -0.4 is 0 Å². The Hall–Kier alpha value is -2.47. The predicted molar refractivity (Wildman–Crippen MR) is 97.0 cm³/mol. The second-order valence-corrected chi connectivity index (χ2v) is 6.87. The fraction of sp³-hybridized carbons (Fsp3) is 0.421. The van der Waals surface area contributed by atoms with E-state index in [4.69, 9.17) is 4.98 Å². The van der Waals surface area contributed by atoms with Crippen LogP contribution in [0.1, 0.15) is 35.8 Å². The topological polar surface area (TPSA) is 62.6 Å². The molecular formula is C19H24N6. The van der Waals surface area contributed by atoms with Crippen molar-refractivity contribution in [2.75, 3.05) is 13.1 Å². The number of rotatable bonds is 4. The van der Waals surface area contributed by atoms with E-state index in [2.05, 4.69) is 33.3 Å². The first-order valence-electron chi connectivity index (χ1n) is 8.88. The summed E-state index contributed by atoms with van der Waals surface area (Å²) in [5.74, 6) is 2.29. The Balaban J connectivity index is 1.37. The first-order valence-corrected chi connectivity index (χ1v) is 8.88. The SMILES string of the molecule is Cc1nn(C)cc1CN1CCC(c2nc(-c3ccccc3)n[nH]2)CC1. The number of nitrogens with one attached hydrogen (secondary N) is 1. The molecule has 1 aliphatic rings. The van der Waals surface area contributed by atoms with Gasteiger partial charge in [-0.25, -0.2) is 4.98 Å². The van der Waals surface area contributed by atoms with E-state index >= 15 is 0 Å². The molecule has 3 heterocycles. The van der Waals surface area contributed by atoms with E-state index < -0.39 is 0 Å². The first kappa shape index (κ1) is 16.0. The van der Waals surface area contributed by atoms with E-state index in [1.165, 1.54) is 5.56 Å². The molecule has 0 saturated carbocycles. The summed E-state index contributed by atoms with van der Waals surface area (Å²) >= 11 is 0. The van der Waals surface area contributed by atoms with Gasteiger partial charge in [0.2, 0.25) is 0 Å². The first-order chi connectivity index (χ1) is 12.2. The summed E-state index contributed by atoms with van der Waals surface area (Å²) in [6.45, 7) is 5.24. The second kappa shape index (κ2) is 6.80. The highest BCUT2D eigenvalue weighted by Crippen LogP contribution is 2.27. The molecule has 1 fully saturated rings. The van der Waals surface area contributed by atoms with Gasteiger partial charge in [-0.15, -0.1) is 0 Å². The molecule has 1 aliphatic heterocycles. The number of likely N-dealkylation sites (tertiary alicyclic amines) is 1. The molecule has 0 bridgehead atoms. The lowest BCUT2D eigenvalue weighted by atomic mass is 9.96. The minimum absolute atomic E-state index is 0.469. The summed E-state index contributed by atoms with van der Waals surface area (Å²) in [5, 5.41) is 12.0. The number of aromatic amines is 1. The van der Waals surface area contributed by atoms with Gasteiger partial charge in [0.05, 0.1) is 5.69 Å². The predicted octanol–water partition coefficient (Wildman–Crippen LogP) is 2.89. The van der Waals surface area contributed by atoms with Gasteiger partial charge in [0.25, 0.3) is 0 Å². The largest absolute Gasteiger partial charge is 0.299 e. The van der Waals surface area contributed by atoms with Crippen LogP contribution in [0.25, 0.3) is 11.4 Å². The Morgan fingerprint density at radius 3 is 2.60 bits per heavy atom. The highest BCUT2D eigenvalue weighted by atomic mass is 15.3. The van der Waals surface area contributed by atoms with Crippen molar-refractivity contribution in [1.29, 1.82) is 0 Å². The Morgan fingerprint density at radius 1 is 1.16 bits per heavy atom. The number of benzene rings is 1. The Labute approximate surface area is 147 Å². The van der Waals surface area contributed by atoms with E-state index in [-0.39, 0.29) is 0 Å². The number of hydrogen-bond donors (Lipinski definition) is 1. The van der Waals surface area contributed by atoms with Gasteiger partial charge in [0.1, 0.15) is 5.82 Å². The van der Waals surface area contributed by atoms with Crippen molar-refractivity contribution in [3.8, 4) is 11.4 Å². The molecule has 3 aromatic rings. The zero-order valence-corrected chi connectivity index (χ0v) is 14.8. The Kier molecular flexibility index (Phi) is 4.36. The fourth-order valence-corrected chi connectivity index (χ4v) is 3.58. The molecule has 6 nitrogen and oxygen atoms in total. The van der Waals surface area contributed by atoms with Crippen LogP contribution in [0.5, 0.6) is 0 Å². The van der Waals surface area contributed by atoms with Crippen LogP contribution in [0.3, 0.4) is 0 Å². The summed E-state index contributed by atoms with van der Waals surface area (Å²) in [4.78, 5) is 7.24. The third-order valence-electron chi connectivity index (χ3n) is 5.02. The molecule has 0 spiro atoms. The summed E-state index contributed by atoms with van der Waals surface area (Å²) in [7, 11) is 1.98. The van der Waals surface area contributed by atoms with Gasteiger partial charge in [0.15, 0.2) is 5.82 Å². The van der Waals surface area contributed by atoms with Crippen LogP contribution in [0.15, 0.2) is 36.5 Å². The maximum Gasteiger partial charge on any atom is 0.181 e. The molecule has 4 rings (SSSR count). The second-order valence-electron chi connectivity index (χ2n) is 6.87. The van der Waals surface area contributed by atoms with E-state index in [1.807, 2.05) is 42.1 Å². The highest BCUT2D eigenvalue weighted by Gasteiger charge is 2.24. The molecule has 0 amide bonds. The third kappa shape index (κ3) is 3.49. The highest BCUT2D eigenvalue weighted by molar-refractivity contribution is 5.53. The van der Waals surface area contributed by atoms with Crippen molar-refractivity contribution in [2.45, 2.75) is 32.2 Å². The number of hydrogen-bond acceptors (Lipinski definition) is 4. The van der Waals surface area contributed by atoms with Crippen molar-refractivity contribution in [2.24, 2.45) is 7.05 Å². The lowest BCUT2D eigenvalue weighted by molar-refractivity contribution is 0.201. The molecule has 1 N–H and O–H groups in total. The number of piperidine rings is 1. The number of nitrogens with zero attached hydrogens (tertiary/aromatic N) is 5. The van der Waals surface area contributed by atoms with Gasteiger partial charge in [-0.3, -0.25) is 14.7 Å². The average molecular weight is 336 g/mol. The molecule has 2 aromatic heterocycles. The van der Waals surface area contributed by atoms with Crippen LogP contribution in [0.4, 0.5) is 0 Å². The Morgan fingerprint density at radius 2 is 1.92 bits per heavy atom. The lowest BCUT2D eigenvalue weighted by Crippen LogP contribution is -2.32. The van der Waals surface area contributed by atoms with Crippen LogP contribution in [0.2, 0.25) is 0 Å². The molecule has 0 atom stereocenters. The maximum absolute atomic E-state index is 4.73. The van der Waals surface area contributed by atoms with E-state index in [9.17, 15) is 0 Å². The van der Waals surface area contributed by atoms with Crippen LogP contribution in [-0.4, -0.2) is 43.0 Å². The maximum atomic E-state index is 4.73. The standard InChI is InChI=1S/C19H24N6/c1-14-17(12-24(2)23-14)13-25-10-8-16(9-11-25)19-20-18(21-22-19)15-6-4-3-5-7-15/h3-7,12,16H,8-11,13H2,1-2H3,(H,20,21,22). The van der Waals surface area contributed by atoms with E-state index in [0.717, 1.165) is 55.4 Å². The molecule has 0 unspecified atom stereocenters. The quantitative estimate of drug-likeness (QED) is 0.796. The third-order valence-corrected chi connectivity index (χ3v) is 5.02.